The second kappa shape index (κ2) is 5.96. The number of hydrogen-bond donors (Lipinski definition) is 1. The van der Waals surface area contributed by atoms with E-state index in [4.69, 9.17) is 4.74 Å². The lowest BCUT2D eigenvalue weighted by molar-refractivity contribution is 0.381. The number of ether oxygens (including phenoxy) is 1. The molecule has 1 aromatic rings. The van der Waals surface area contributed by atoms with Gasteiger partial charge in [0.15, 0.2) is 0 Å². The molecule has 0 bridgehead atoms. The van der Waals surface area contributed by atoms with Crippen LogP contribution in [-0.2, 0) is 19.3 Å². The molecule has 19 heavy (non-hydrogen) atoms. The minimum Gasteiger partial charge on any atom is -0.496 e. The van der Waals surface area contributed by atoms with E-state index in [-0.39, 0.29) is 0 Å². The molecule has 1 aliphatic carbocycles. The molecular weight excluding hydrogens is 234 g/mol. The number of fused-ring (bicyclic) bond motifs is 1. The maximum absolute atomic E-state index is 5.63. The van der Waals surface area contributed by atoms with Crippen molar-refractivity contribution < 1.29 is 4.74 Å². The van der Waals surface area contributed by atoms with E-state index >= 15 is 0 Å². The predicted molar refractivity (Wildman–Crippen MR) is 79.0 cm³/mol. The average Bonchev–Trinajstić information content (AvgIpc) is 2.47. The molecule has 0 aromatic heterocycles. The Hall–Kier alpha value is -1.02. The molecule has 1 aromatic carbocycles. The van der Waals surface area contributed by atoms with E-state index in [1.54, 1.807) is 5.56 Å². The molecule has 104 valence electrons. The fraction of sp³-hybridized carbons (Fsp3) is 0.647. The van der Waals surface area contributed by atoms with Gasteiger partial charge in [-0.15, -0.1) is 0 Å². The minimum absolute atomic E-state index is 0.643. The van der Waals surface area contributed by atoms with Gasteiger partial charge >= 0.3 is 0 Å². The molecule has 2 nitrogen and oxygen atoms in total. The molecule has 1 saturated heterocycles. The lowest BCUT2D eigenvalue weighted by Gasteiger charge is -2.25. The first kappa shape index (κ1) is 13.0. The Bertz CT molecular complexity index is 435. The molecule has 1 fully saturated rings. The third-order valence-corrected chi connectivity index (χ3v) is 4.62. The summed E-state index contributed by atoms with van der Waals surface area (Å²) in [6.45, 7) is 1.18. The van der Waals surface area contributed by atoms with Gasteiger partial charge in [-0.25, -0.2) is 0 Å². The number of hydrogen-bond acceptors (Lipinski definition) is 2. The second-order valence-corrected chi connectivity index (χ2v) is 5.99. The third kappa shape index (κ3) is 2.94. The highest BCUT2D eigenvalue weighted by atomic mass is 16.5. The summed E-state index contributed by atoms with van der Waals surface area (Å²) in [6, 6.07) is 5.36. The highest BCUT2D eigenvalue weighted by molar-refractivity contribution is 5.44. The van der Waals surface area contributed by atoms with Crippen LogP contribution in [0.25, 0.3) is 0 Å². The minimum atomic E-state index is 0.643. The van der Waals surface area contributed by atoms with Gasteiger partial charge in [0.25, 0.3) is 0 Å². The van der Waals surface area contributed by atoms with Crippen molar-refractivity contribution >= 4 is 0 Å². The van der Waals surface area contributed by atoms with Crippen LogP contribution in [-0.4, -0.2) is 19.7 Å². The zero-order valence-electron chi connectivity index (χ0n) is 12.0. The van der Waals surface area contributed by atoms with Crippen molar-refractivity contribution in [1.82, 2.24) is 5.32 Å². The van der Waals surface area contributed by atoms with Crippen molar-refractivity contribution in [2.24, 2.45) is 0 Å². The number of piperidine rings is 1. The van der Waals surface area contributed by atoms with E-state index in [2.05, 4.69) is 17.4 Å². The highest BCUT2D eigenvalue weighted by Crippen LogP contribution is 2.30. The van der Waals surface area contributed by atoms with Crippen LogP contribution in [0.3, 0.4) is 0 Å². The summed E-state index contributed by atoms with van der Waals surface area (Å²) in [5.74, 6) is 1.10. The van der Waals surface area contributed by atoms with E-state index in [9.17, 15) is 0 Å². The van der Waals surface area contributed by atoms with Crippen molar-refractivity contribution in [3.8, 4) is 5.75 Å². The predicted octanol–water partition coefficient (Wildman–Crippen LogP) is 3.26. The van der Waals surface area contributed by atoms with E-state index in [1.165, 1.54) is 62.6 Å². The number of benzene rings is 1. The lowest BCUT2D eigenvalue weighted by Crippen LogP contribution is -2.35. The van der Waals surface area contributed by atoms with Gasteiger partial charge in [-0.05, 0) is 74.2 Å². The maximum atomic E-state index is 5.63. The van der Waals surface area contributed by atoms with Crippen molar-refractivity contribution in [2.45, 2.75) is 57.4 Å². The van der Waals surface area contributed by atoms with Gasteiger partial charge in [0.05, 0.1) is 7.11 Å². The molecule has 0 spiro atoms. The number of rotatable bonds is 3. The molecule has 1 atom stereocenters. The Morgan fingerprint density at radius 2 is 1.89 bits per heavy atom. The van der Waals surface area contributed by atoms with Crippen molar-refractivity contribution in [2.75, 3.05) is 13.7 Å². The summed E-state index contributed by atoms with van der Waals surface area (Å²) in [4.78, 5) is 0. The Morgan fingerprint density at radius 3 is 2.58 bits per heavy atom. The maximum Gasteiger partial charge on any atom is 0.122 e. The summed E-state index contributed by atoms with van der Waals surface area (Å²) in [5, 5.41) is 3.64. The summed E-state index contributed by atoms with van der Waals surface area (Å²) in [5.41, 5.74) is 4.49. The van der Waals surface area contributed by atoms with Crippen LogP contribution in [0.15, 0.2) is 12.1 Å². The molecule has 0 radical (unpaired) electrons. The first-order valence-corrected chi connectivity index (χ1v) is 7.79. The third-order valence-electron chi connectivity index (χ3n) is 4.62. The van der Waals surface area contributed by atoms with Gasteiger partial charge in [0, 0.05) is 6.04 Å². The fourth-order valence-electron chi connectivity index (χ4n) is 3.53. The SMILES string of the molecule is COc1cc2c(cc1CC1CCCCN1)CCCC2. The molecule has 0 saturated carbocycles. The van der Waals surface area contributed by atoms with Crippen LogP contribution in [0, 0.1) is 0 Å². The standard InChI is InChI=1S/C17H25NO/c1-19-17-12-14-7-3-2-6-13(14)10-15(17)11-16-8-4-5-9-18-16/h10,12,16,18H,2-9,11H2,1H3. The highest BCUT2D eigenvalue weighted by Gasteiger charge is 2.18. The molecule has 2 heteroatoms. The van der Waals surface area contributed by atoms with Crippen LogP contribution in [0.5, 0.6) is 5.75 Å². The quantitative estimate of drug-likeness (QED) is 0.899. The van der Waals surface area contributed by atoms with E-state index < -0.39 is 0 Å². The smallest absolute Gasteiger partial charge is 0.122 e. The molecule has 0 amide bonds. The summed E-state index contributed by atoms with van der Waals surface area (Å²) in [6.07, 6.45) is 10.3. The molecule has 1 unspecified atom stereocenters. The Balaban J connectivity index is 1.82. The van der Waals surface area contributed by atoms with E-state index in [0.717, 1.165) is 12.2 Å². The average molecular weight is 259 g/mol. The number of methoxy groups -OCH3 is 1. The van der Waals surface area contributed by atoms with Crippen molar-refractivity contribution in [3.05, 3.63) is 28.8 Å². The first-order valence-electron chi connectivity index (χ1n) is 7.79. The van der Waals surface area contributed by atoms with Gasteiger partial charge in [-0.2, -0.15) is 0 Å². The lowest BCUT2D eigenvalue weighted by atomic mass is 9.88. The van der Waals surface area contributed by atoms with Crippen LogP contribution in [0.2, 0.25) is 0 Å². The Morgan fingerprint density at radius 1 is 1.11 bits per heavy atom. The van der Waals surface area contributed by atoms with Crippen molar-refractivity contribution in [1.29, 1.82) is 0 Å². The van der Waals surface area contributed by atoms with Crippen LogP contribution >= 0.6 is 0 Å². The number of aryl methyl sites for hydroxylation is 2. The summed E-state index contributed by atoms with van der Waals surface area (Å²) in [7, 11) is 1.81. The molecule has 1 aliphatic heterocycles. The van der Waals surface area contributed by atoms with Crippen LogP contribution < -0.4 is 10.1 Å². The van der Waals surface area contributed by atoms with Gasteiger partial charge in [-0.3, -0.25) is 0 Å². The fourth-order valence-corrected chi connectivity index (χ4v) is 3.53. The Kier molecular flexibility index (Phi) is 4.07. The molecular formula is C17H25NO. The zero-order valence-corrected chi connectivity index (χ0v) is 12.0. The molecule has 3 rings (SSSR count). The summed E-state index contributed by atoms with van der Waals surface area (Å²) < 4.78 is 5.63. The Labute approximate surface area is 116 Å². The van der Waals surface area contributed by atoms with Crippen LogP contribution in [0.4, 0.5) is 0 Å². The molecule has 2 aliphatic rings. The van der Waals surface area contributed by atoms with Gasteiger partial charge in [-0.1, -0.05) is 12.5 Å². The summed E-state index contributed by atoms with van der Waals surface area (Å²) >= 11 is 0. The van der Waals surface area contributed by atoms with Crippen LogP contribution in [0.1, 0.15) is 48.8 Å². The number of nitrogens with one attached hydrogen (secondary N) is 1. The first-order chi connectivity index (χ1) is 9.36. The van der Waals surface area contributed by atoms with E-state index in [1.807, 2.05) is 7.11 Å². The van der Waals surface area contributed by atoms with Gasteiger partial charge in [0.2, 0.25) is 0 Å². The monoisotopic (exact) mass is 259 g/mol. The normalized spacial score (nSPS) is 22.9. The zero-order chi connectivity index (χ0) is 13.1. The topological polar surface area (TPSA) is 21.3 Å². The van der Waals surface area contributed by atoms with Gasteiger partial charge < -0.3 is 10.1 Å². The molecule has 1 N–H and O–H groups in total. The van der Waals surface area contributed by atoms with E-state index in [0.29, 0.717) is 6.04 Å². The molecule has 1 heterocycles. The van der Waals surface area contributed by atoms with Crippen molar-refractivity contribution in [3.63, 3.8) is 0 Å². The largest absolute Gasteiger partial charge is 0.496 e. The van der Waals surface area contributed by atoms with Gasteiger partial charge in [0.1, 0.15) is 5.75 Å². The second-order valence-electron chi connectivity index (χ2n) is 5.99.